The molecular formula is C30H30Cl2FN3. The lowest BCUT2D eigenvalue weighted by Crippen LogP contribution is -2.52. The van der Waals surface area contributed by atoms with Crippen LogP contribution in [0.5, 0.6) is 0 Å². The molecule has 2 atom stereocenters. The van der Waals surface area contributed by atoms with Crippen molar-refractivity contribution in [3.8, 4) is 12.5 Å². The topological polar surface area (TPSA) is 36.1 Å². The highest BCUT2D eigenvalue weighted by atomic mass is 35.5. The number of benzene rings is 3. The summed E-state index contributed by atoms with van der Waals surface area (Å²) < 4.78 is 14.7. The van der Waals surface area contributed by atoms with Crippen molar-refractivity contribution in [2.45, 2.75) is 37.6 Å². The van der Waals surface area contributed by atoms with Crippen LogP contribution >= 0.6 is 23.2 Å². The van der Waals surface area contributed by atoms with Crippen LogP contribution in [0.25, 0.3) is 0 Å². The molecule has 1 aliphatic heterocycles. The number of nitrogens with one attached hydrogen (secondary N) is 3. The van der Waals surface area contributed by atoms with Gasteiger partial charge in [0.15, 0.2) is 0 Å². The zero-order chi connectivity index (χ0) is 25.7. The number of rotatable bonds is 5. The van der Waals surface area contributed by atoms with Crippen molar-refractivity contribution < 1.29 is 4.39 Å². The molecular weight excluding hydrogens is 492 g/mol. The van der Waals surface area contributed by atoms with E-state index in [1.165, 1.54) is 12.0 Å². The Bertz CT molecular complexity index is 1260. The van der Waals surface area contributed by atoms with Crippen LogP contribution in [0.2, 0.25) is 10.0 Å². The van der Waals surface area contributed by atoms with E-state index in [4.69, 9.17) is 29.6 Å². The molecule has 3 aromatic carbocycles. The molecule has 2 unspecified atom stereocenters. The molecule has 1 saturated carbocycles. The summed E-state index contributed by atoms with van der Waals surface area (Å²) >= 11 is 12.1. The van der Waals surface area contributed by atoms with Crippen LogP contribution in [0.1, 0.15) is 36.3 Å². The Morgan fingerprint density at radius 3 is 2.44 bits per heavy atom. The minimum atomic E-state index is -0.321. The first-order chi connectivity index (χ1) is 17.3. The number of hydrogen-bond donors (Lipinski definition) is 3. The maximum absolute atomic E-state index is 14.7. The Morgan fingerprint density at radius 1 is 1.08 bits per heavy atom. The molecule has 3 nitrogen and oxygen atoms in total. The van der Waals surface area contributed by atoms with Crippen LogP contribution in [0.15, 0.2) is 79.0 Å². The van der Waals surface area contributed by atoms with Crippen LogP contribution in [-0.2, 0) is 0 Å². The highest BCUT2D eigenvalue weighted by molar-refractivity contribution is 6.31. The van der Waals surface area contributed by atoms with Gasteiger partial charge in [-0.2, -0.15) is 0 Å². The van der Waals surface area contributed by atoms with Gasteiger partial charge < -0.3 is 16.0 Å². The Kier molecular flexibility index (Phi) is 8.26. The summed E-state index contributed by atoms with van der Waals surface area (Å²) in [6.45, 7) is 7.08. The second-order valence-electron chi connectivity index (χ2n) is 9.41. The molecule has 1 spiro atoms. The van der Waals surface area contributed by atoms with Gasteiger partial charge in [-0.15, -0.1) is 0 Å². The lowest BCUT2D eigenvalue weighted by atomic mass is 9.65. The van der Waals surface area contributed by atoms with Crippen LogP contribution in [-0.4, -0.2) is 12.1 Å². The molecule has 186 valence electrons. The maximum Gasteiger partial charge on any atom is 0.145 e. The SMILES string of the molecule is C#CNc1ccc(C)cc1.C=C(Nc1cccc(Cl)c1)C1C(c2cccc(Cl)c2F)CNC12CCC2. The minimum Gasteiger partial charge on any atom is -0.359 e. The maximum atomic E-state index is 14.7. The van der Waals surface area contributed by atoms with Gasteiger partial charge in [-0.3, -0.25) is 0 Å². The fourth-order valence-corrected chi connectivity index (χ4v) is 5.57. The first-order valence-electron chi connectivity index (χ1n) is 12.0. The van der Waals surface area contributed by atoms with E-state index >= 15 is 0 Å². The zero-order valence-electron chi connectivity index (χ0n) is 20.3. The minimum absolute atomic E-state index is 0.00631. The van der Waals surface area contributed by atoms with E-state index in [0.29, 0.717) is 10.6 Å². The molecule has 2 fully saturated rings. The van der Waals surface area contributed by atoms with Gasteiger partial charge in [0.25, 0.3) is 0 Å². The molecule has 1 saturated heterocycles. The highest BCUT2D eigenvalue weighted by Gasteiger charge is 2.53. The molecule has 1 aliphatic carbocycles. The summed E-state index contributed by atoms with van der Waals surface area (Å²) in [5.41, 5.74) is 4.64. The quantitative estimate of drug-likeness (QED) is 0.235. The van der Waals surface area contributed by atoms with E-state index in [2.05, 4.69) is 28.6 Å². The molecule has 0 bridgehead atoms. The average Bonchev–Trinajstić information content (AvgIpc) is 3.24. The first kappa shape index (κ1) is 26.1. The van der Waals surface area contributed by atoms with E-state index in [0.717, 1.165) is 36.5 Å². The van der Waals surface area contributed by atoms with Gasteiger partial charge in [0.05, 0.1) is 5.02 Å². The number of aryl methyl sites for hydroxylation is 1. The lowest BCUT2D eigenvalue weighted by Gasteiger charge is -2.45. The Hall–Kier alpha value is -2.97. The van der Waals surface area contributed by atoms with E-state index in [9.17, 15) is 4.39 Å². The molecule has 36 heavy (non-hydrogen) atoms. The summed E-state index contributed by atoms with van der Waals surface area (Å²) in [6.07, 6.45) is 8.37. The fourth-order valence-electron chi connectivity index (χ4n) is 5.19. The van der Waals surface area contributed by atoms with Crippen LogP contribution in [0.4, 0.5) is 15.8 Å². The molecule has 3 N–H and O–H groups in total. The van der Waals surface area contributed by atoms with Gasteiger partial charge in [0.1, 0.15) is 5.82 Å². The number of terminal acetylenes is 1. The molecule has 5 rings (SSSR count). The Balaban J connectivity index is 0.000000256. The molecule has 3 aromatic rings. The van der Waals surface area contributed by atoms with Crippen molar-refractivity contribution >= 4 is 34.6 Å². The van der Waals surface area contributed by atoms with E-state index < -0.39 is 0 Å². The molecule has 0 amide bonds. The van der Waals surface area contributed by atoms with Crippen LogP contribution < -0.4 is 16.0 Å². The number of hydrogen-bond acceptors (Lipinski definition) is 3. The predicted octanol–water partition coefficient (Wildman–Crippen LogP) is 7.98. The molecule has 1 heterocycles. The number of anilines is 2. The monoisotopic (exact) mass is 521 g/mol. The summed E-state index contributed by atoms with van der Waals surface area (Å²) in [4.78, 5) is 0. The van der Waals surface area contributed by atoms with Crippen LogP contribution in [0.3, 0.4) is 0 Å². The van der Waals surface area contributed by atoms with Crippen LogP contribution in [0, 0.1) is 31.1 Å². The van der Waals surface area contributed by atoms with Crippen molar-refractivity contribution in [3.05, 3.63) is 106 Å². The van der Waals surface area contributed by atoms with Crippen molar-refractivity contribution in [1.82, 2.24) is 5.32 Å². The summed E-state index contributed by atoms with van der Waals surface area (Å²) in [5, 5.41) is 10.7. The highest BCUT2D eigenvalue weighted by Crippen LogP contribution is 2.52. The van der Waals surface area contributed by atoms with Crippen molar-refractivity contribution in [2.75, 3.05) is 17.2 Å². The Labute approximate surface area is 223 Å². The Morgan fingerprint density at radius 2 is 1.81 bits per heavy atom. The predicted molar refractivity (Wildman–Crippen MR) is 150 cm³/mol. The summed E-state index contributed by atoms with van der Waals surface area (Å²) in [7, 11) is 0. The standard InChI is InChI=1S/C21H21Cl2FN2.C9H9N/c1-13(26-15-6-2-5-14(22)11-15)19-17(12-25-21(19)9-4-10-21)16-7-3-8-18(23)20(16)24;1-3-10-9-6-4-8(2)5-7-9/h2-3,5-8,11,17,19,25-26H,1,4,9-10,12H2;1,4-7,10H,2H3. The molecule has 2 aliphatic rings. The smallest absolute Gasteiger partial charge is 0.145 e. The van der Waals surface area contributed by atoms with E-state index in [1.54, 1.807) is 6.07 Å². The second kappa shape index (κ2) is 11.4. The van der Waals surface area contributed by atoms with Gasteiger partial charge in [-0.25, -0.2) is 4.39 Å². The fraction of sp³-hybridized carbons (Fsp3) is 0.267. The molecule has 0 aromatic heterocycles. The summed E-state index contributed by atoms with van der Waals surface area (Å²) in [5.74, 6) is -0.241. The van der Waals surface area contributed by atoms with Gasteiger partial charge in [0, 0.05) is 52.1 Å². The third-order valence-corrected chi connectivity index (χ3v) is 7.60. The second-order valence-corrected chi connectivity index (χ2v) is 10.3. The largest absolute Gasteiger partial charge is 0.359 e. The number of halogens is 3. The average molecular weight is 522 g/mol. The zero-order valence-corrected chi connectivity index (χ0v) is 21.8. The lowest BCUT2D eigenvalue weighted by molar-refractivity contribution is 0.167. The third kappa shape index (κ3) is 5.71. The van der Waals surface area contributed by atoms with Crippen molar-refractivity contribution in [1.29, 1.82) is 0 Å². The normalized spacial score (nSPS) is 19.4. The molecule has 6 heteroatoms. The molecule has 0 radical (unpaired) electrons. The van der Waals surface area contributed by atoms with Crippen molar-refractivity contribution in [3.63, 3.8) is 0 Å². The van der Waals surface area contributed by atoms with Gasteiger partial charge in [0.2, 0.25) is 0 Å². The summed E-state index contributed by atoms with van der Waals surface area (Å²) in [6, 6.07) is 23.1. The van der Waals surface area contributed by atoms with Gasteiger partial charge >= 0.3 is 0 Å². The van der Waals surface area contributed by atoms with E-state index in [1.807, 2.05) is 67.6 Å². The van der Waals surface area contributed by atoms with Gasteiger partial charge in [-0.05, 0) is 68.1 Å². The first-order valence-corrected chi connectivity index (χ1v) is 12.8. The third-order valence-electron chi connectivity index (χ3n) is 7.07. The van der Waals surface area contributed by atoms with Crippen molar-refractivity contribution in [2.24, 2.45) is 5.92 Å². The van der Waals surface area contributed by atoms with Gasteiger partial charge in [-0.1, -0.05) is 72.1 Å². The van der Waals surface area contributed by atoms with E-state index in [-0.39, 0.29) is 28.2 Å².